The van der Waals surface area contributed by atoms with Gasteiger partial charge in [0.05, 0.1) is 0 Å². The number of nitrogens with two attached hydrogens (primary N) is 1. The number of nitrogens with zero attached hydrogens (tertiary/aromatic N) is 1. The Morgan fingerprint density at radius 3 is 2.10 bits per heavy atom. The van der Waals surface area contributed by atoms with Crippen LogP contribution in [0.5, 0.6) is 0 Å². The normalized spacial score (nSPS) is 11.6. The molecule has 1 aromatic rings. The predicted octanol–water partition coefficient (Wildman–Crippen LogP) is 2.35. The molecule has 0 aliphatic carbocycles. The molecule has 0 unspecified atom stereocenters. The summed E-state index contributed by atoms with van der Waals surface area (Å²) in [6, 6.07) is 6.76. The van der Waals surface area contributed by atoms with Crippen LogP contribution in [-0.4, -0.2) is 42.0 Å². The fourth-order valence-corrected chi connectivity index (χ4v) is 2.17. The van der Waals surface area contributed by atoms with Gasteiger partial charge in [-0.2, -0.15) is 0 Å². The molecule has 1 atom stereocenters. The van der Waals surface area contributed by atoms with Gasteiger partial charge in [0.1, 0.15) is 6.04 Å². The third kappa shape index (κ3) is 6.18. The lowest BCUT2D eigenvalue weighted by atomic mass is 10.1. The molecule has 0 saturated carbocycles. The van der Waals surface area contributed by atoms with Crippen molar-refractivity contribution >= 4 is 47.3 Å². The van der Waals surface area contributed by atoms with Crippen molar-refractivity contribution in [1.29, 1.82) is 0 Å². The summed E-state index contributed by atoms with van der Waals surface area (Å²) in [7, 11) is 0. The Kier molecular flexibility index (Phi) is 9.76. The van der Waals surface area contributed by atoms with E-state index in [1.165, 1.54) is 0 Å². The van der Waals surface area contributed by atoms with E-state index in [1.807, 2.05) is 24.3 Å². The molecular weight excluding hydrogens is 323 g/mol. The number of halogens is 3. The molecule has 0 aliphatic heterocycles. The smallest absolute Gasteiger partial charge is 0.320 e. The molecule has 0 bridgehead atoms. The molecule has 3 N–H and O–H groups in total. The van der Waals surface area contributed by atoms with Gasteiger partial charge in [-0.3, -0.25) is 4.79 Å². The molecule has 0 amide bonds. The number of benzene rings is 1. The Hall–Kier alpha value is -0.680. The van der Waals surface area contributed by atoms with Crippen LogP contribution in [0.1, 0.15) is 5.56 Å². The molecule has 114 valence electrons. The molecule has 0 saturated heterocycles. The van der Waals surface area contributed by atoms with Crippen LogP contribution in [0.25, 0.3) is 0 Å². The Morgan fingerprint density at radius 2 is 1.70 bits per heavy atom. The highest BCUT2D eigenvalue weighted by atomic mass is 35.5. The standard InChI is InChI=1S/C13H18Cl2N2O2.ClH/c14-5-7-17(8-6-15)11-3-1-10(2-4-11)9-12(16)13(18)19;/h1-4,12H,5-9,16H2,(H,18,19);1H/t12-;/m0./s1. The largest absolute Gasteiger partial charge is 0.480 e. The van der Waals surface area contributed by atoms with Crippen LogP contribution in [0, 0.1) is 0 Å². The van der Waals surface area contributed by atoms with Gasteiger partial charge in [0.15, 0.2) is 0 Å². The number of carboxylic acid groups (broad SMARTS) is 1. The van der Waals surface area contributed by atoms with Crippen LogP contribution in [0.3, 0.4) is 0 Å². The van der Waals surface area contributed by atoms with E-state index in [1.54, 1.807) is 0 Å². The molecule has 0 aromatic heterocycles. The number of carboxylic acids is 1. The van der Waals surface area contributed by atoms with Crippen molar-refractivity contribution in [2.75, 3.05) is 29.7 Å². The van der Waals surface area contributed by atoms with E-state index < -0.39 is 12.0 Å². The summed E-state index contributed by atoms with van der Waals surface area (Å²) < 4.78 is 0. The predicted molar refractivity (Wildman–Crippen MR) is 86.7 cm³/mol. The van der Waals surface area contributed by atoms with Crippen LogP contribution in [0.4, 0.5) is 5.69 Å². The maximum Gasteiger partial charge on any atom is 0.320 e. The second-order valence-corrected chi connectivity index (χ2v) is 4.94. The summed E-state index contributed by atoms with van der Waals surface area (Å²) in [6.45, 7) is 1.45. The van der Waals surface area contributed by atoms with Crippen LogP contribution < -0.4 is 10.6 Å². The zero-order chi connectivity index (χ0) is 14.3. The minimum atomic E-state index is -0.991. The number of alkyl halides is 2. The first kappa shape index (κ1) is 19.3. The van der Waals surface area contributed by atoms with Gasteiger partial charge in [0.25, 0.3) is 0 Å². The van der Waals surface area contributed by atoms with E-state index >= 15 is 0 Å². The van der Waals surface area contributed by atoms with Crippen molar-refractivity contribution in [2.45, 2.75) is 12.5 Å². The van der Waals surface area contributed by atoms with E-state index in [4.69, 9.17) is 34.0 Å². The van der Waals surface area contributed by atoms with Crippen LogP contribution in [-0.2, 0) is 11.2 Å². The zero-order valence-corrected chi connectivity index (χ0v) is 13.3. The fourth-order valence-electron chi connectivity index (χ4n) is 1.76. The highest BCUT2D eigenvalue weighted by molar-refractivity contribution is 6.18. The first-order chi connectivity index (χ1) is 9.08. The molecule has 0 aliphatic rings. The second-order valence-electron chi connectivity index (χ2n) is 4.18. The maximum absolute atomic E-state index is 10.7. The van der Waals surface area contributed by atoms with Gasteiger partial charge < -0.3 is 15.7 Å². The molecule has 4 nitrogen and oxygen atoms in total. The highest BCUT2D eigenvalue weighted by Gasteiger charge is 2.12. The molecule has 0 fully saturated rings. The van der Waals surface area contributed by atoms with E-state index in [0.717, 1.165) is 24.3 Å². The summed E-state index contributed by atoms with van der Waals surface area (Å²) in [5.41, 5.74) is 7.42. The van der Waals surface area contributed by atoms with Crippen molar-refractivity contribution in [3.8, 4) is 0 Å². The summed E-state index contributed by atoms with van der Waals surface area (Å²) in [5, 5.41) is 8.76. The summed E-state index contributed by atoms with van der Waals surface area (Å²) in [6.07, 6.45) is 0.320. The van der Waals surface area contributed by atoms with Crippen molar-refractivity contribution < 1.29 is 9.90 Å². The zero-order valence-electron chi connectivity index (χ0n) is 11.0. The molecule has 0 radical (unpaired) electrons. The van der Waals surface area contributed by atoms with E-state index in [2.05, 4.69) is 4.90 Å². The molecule has 1 rings (SSSR count). The summed E-state index contributed by atoms with van der Waals surface area (Å²) in [5.74, 6) is 0.0698. The van der Waals surface area contributed by atoms with Crippen LogP contribution in [0.15, 0.2) is 24.3 Å². The van der Waals surface area contributed by atoms with Gasteiger partial charge in [-0.1, -0.05) is 12.1 Å². The fraction of sp³-hybridized carbons (Fsp3) is 0.462. The lowest BCUT2D eigenvalue weighted by Gasteiger charge is -2.23. The Labute approximate surface area is 135 Å². The van der Waals surface area contributed by atoms with E-state index in [9.17, 15) is 4.79 Å². The third-order valence-electron chi connectivity index (χ3n) is 2.78. The molecule has 20 heavy (non-hydrogen) atoms. The first-order valence-electron chi connectivity index (χ1n) is 6.02. The topological polar surface area (TPSA) is 66.6 Å². The van der Waals surface area contributed by atoms with Gasteiger partial charge in [0.2, 0.25) is 0 Å². The van der Waals surface area contributed by atoms with E-state index in [-0.39, 0.29) is 12.4 Å². The van der Waals surface area contributed by atoms with Gasteiger partial charge in [0, 0.05) is 30.5 Å². The Balaban J connectivity index is 0.00000361. The van der Waals surface area contributed by atoms with Gasteiger partial charge in [-0.15, -0.1) is 35.6 Å². The number of rotatable bonds is 8. The summed E-state index contributed by atoms with van der Waals surface area (Å²) >= 11 is 11.5. The first-order valence-corrected chi connectivity index (χ1v) is 7.09. The average molecular weight is 342 g/mol. The molecule has 7 heteroatoms. The number of aliphatic carboxylic acids is 1. The van der Waals surface area contributed by atoms with Crippen molar-refractivity contribution in [2.24, 2.45) is 5.73 Å². The highest BCUT2D eigenvalue weighted by Crippen LogP contribution is 2.16. The van der Waals surface area contributed by atoms with Crippen molar-refractivity contribution in [3.05, 3.63) is 29.8 Å². The van der Waals surface area contributed by atoms with Gasteiger partial charge >= 0.3 is 5.97 Å². The Morgan fingerprint density at radius 1 is 1.20 bits per heavy atom. The average Bonchev–Trinajstić information content (AvgIpc) is 2.39. The van der Waals surface area contributed by atoms with Gasteiger partial charge in [-0.25, -0.2) is 0 Å². The maximum atomic E-state index is 10.7. The number of anilines is 1. The molecule has 0 heterocycles. The van der Waals surface area contributed by atoms with Gasteiger partial charge in [-0.05, 0) is 24.1 Å². The Bertz CT molecular complexity index is 395. The van der Waals surface area contributed by atoms with Crippen molar-refractivity contribution in [3.63, 3.8) is 0 Å². The lowest BCUT2D eigenvalue weighted by Crippen LogP contribution is -2.32. The van der Waals surface area contributed by atoms with Crippen LogP contribution >= 0.6 is 35.6 Å². The minimum absolute atomic E-state index is 0. The number of carbonyl (C=O) groups is 1. The van der Waals surface area contributed by atoms with Crippen molar-refractivity contribution in [1.82, 2.24) is 0 Å². The van der Waals surface area contributed by atoms with E-state index in [0.29, 0.717) is 18.2 Å². The molecule has 1 aromatic carbocycles. The monoisotopic (exact) mass is 340 g/mol. The second kappa shape index (κ2) is 10.1. The van der Waals surface area contributed by atoms with Crippen LogP contribution in [0.2, 0.25) is 0 Å². The SMILES string of the molecule is Cl.N[C@@H](Cc1ccc(N(CCCl)CCCl)cc1)C(=O)O. The minimum Gasteiger partial charge on any atom is -0.480 e. The summed E-state index contributed by atoms with van der Waals surface area (Å²) in [4.78, 5) is 12.8. The third-order valence-corrected chi connectivity index (χ3v) is 3.12. The quantitative estimate of drug-likeness (QED) is 0.712. The molecule has 0 spiro atoms. The number of hydrogen-bond acceptors (Lipinski definition) is 3. The number of hydrogen-bond donors (Lipinski definition) is 2. The lowest BCUT2D eigenvalue weighted by molar-refractivity contribution is -0.138. The molecular formula is C13H19Cl3N2O2.